The molecule has 2 aromatic carbocycles. The van der Waals surface area contributed by atoms with Gasteiger partial charge in [0.2, 0.25) is 5.91 Å². The molecule has 3 atom stereocenters. The minimum absolute atomic E-state index is 0.0333. The zero-order valence-electron chi connectivity index (χ0n) is 20.5. The van der Waals surface area contributed by atoms with Crippen LogP contribution in [0.25, 0.3) is 11.1 Å². The highest BCUT2D eigenvalue weighted by Crippen LogP contribution is 2.44. The second-order valence-corrected chi connectivity index (χ2v) is 10.7. The molecule has 0 bridgehead atoms. The van der Waals surface area contributed by atoms with E-state index in [9.17, 15) is 19.5 Å². The van der Waals surface area contributed by atoms with E-state index < -0.39 is 24.0 Å². The summed E-state index contributed by atoms with van der Waals surface area (Å²) in [5.41, 5.74) is 4.24. The molecule has 4 rings (SSSR count). The average Bonchev–Trinajstić information content (AvgIpc) is 3.39. The predicted molar refractivity (Wildman–Crippen MR) is 133 cm³/mol. The SMILES string of the molecule is CC(C)(C)C(CC(=O)N[C@@H]1CC[C@H](C(=O)O)C1)NC(=O)OCC1c2ccccc2-c2ccccc21. The van der Waals surface area contributed by atoms with E-state index in [0.717, 1.165) is 11.1 Å². The van der Waals surface area contributed by atoms with E-state index in [0.29, 0.717) is 19.3 Å². The molecular weight excluding hydrogens is 444 g/mol. The van der Waals surface area contributed by atoms with Gasteiger partial charge in [-0.15, -0.1) is 0 Å². The highest BCUT2D eigenvalue weighted by molar-refractivity contribution is 5.80. The van der Waals surface area contributed by atoms with Crippen LogP contribution in [0.2, 0.25) is 0 Å². The van der Waals surface area contributed by atoms with Gasteiger partial charge in [0, 0.05) is 24.4 Å². The molecule has 1 unspecified atom stereocenters. The van der Waals surface area contributed by atoms with Gasteiger partial charge in [-0.05, 0) is 46.9 Å². The first-order valence-corrected chi connectivity index (χ1v) is 12.3. The molecule has 0 radical (unpaired) electrons. The number of nitrogens with one attached hydrogen (secondary N) is 2. The van der Waals surface area contributed by atoms with Crippen molar-refractivity contribution in [1.82, 2.24) is 10.6 Å². The number of fused-ring (bicyclic) bond motifs is 3. The highest BCUT2D eigenvalue weighted by Gasteiger charge is 2.34. The lowest BCUT2D eigenvalue weighted by Gasteiger charge is -2.31. The molecule has 186 valence electrons. The van der Waals surface area contributed by atoms with Crippen molar-refractivity contribution in [3.8, 4) is 11.1 Å². The smallest absolute Gasteiger partial charge is 0.407 e. The van der Waals surface area contributed by atoms with Crippen LogP contribution >= 0.6 is 0 Å². The van der Waals surface area contributed by atoms with E-state index in [1.165, 1.54) is 11.1 Å². The molecule has 2 aliphatic rings. The van der Waals surface area contributed by atoms with Crippen LogP contribution in [0.5, 0.6) is 0 Å². The Hall–Kier alpha value is -3.35. The molecular formula is C28H34N2O5. The Morgan fingerprint density at radius 3 is 2.14 bits per heavy atom. The Kier molecular flexibility index (Phi) is 7.15. The van der Waals surface area contributed by atoms with Gasteiger partial charge in [-0.25, -0.2) is 4.79 Å². The second kappa shape index (κ2) is 10.1. The van der Waals surface area contributed by atoms with Crippen molar-refractivity contribution in [2.24, 2.45) is 11.3 Å². The molecule has 0 saturated heterocycles. The molecule has 7 heteroatoms. The van der Waals surface area contributed by atoms with Crippen LogP contribution in [0.15, 0.2) is 48.5 Å². The number of amides is 2. The van der Waals surface area contributed by atoms with Gasteiger partial charge < -0.3 is 20.5 Å². The third-order valence-electron chi connectivity index (χ3n) is 7.22. The number of rotatable bonds is 7. The number of alkyl carbamates (subject to hydrolysis) is 1. The number of carbonyl (C=O) groups excluding carboxylic acids is 2. The summed E-state index contributed by atoms with van der Waals surface area (Å²) in [5, 5.41) is 15.0. The van der Waals surface area contributed by atoms with E-state index in [2.05, 4.69) is 34.9 Å². The Balaban J connectivity index is 1.35. The number of hydrogen-bond donors (Lipinski definition) is 3. The molecule has 0 heterocycles. The zero-order valence-corrected chi connectivity index (χ0v) is 20.5. The molecule has 1 saturated carbocycles. The largest absolute Gasteiger partial charge is 0.481 e. The van der Waals surface area contributed by atoms with Crippen molar-refractivity contribution in [2.45, 2.75) is 64.5 Å². The van der Waals surface area contributed by atoms with Gasteiger partial charge in [0.25, 0.3) is 0 Å². The first-order chi connectivity index (χ1) is 16.6. The lowest BCUT2D eigenvalue weighted by atomic mass is 9.84. The van der Waals surface area contributed by atoms with E-state index in [1.54, 1.807) is 0 Å². The summed E-state index contributed by atoms with van der Waals surface area (Å²) >= 11 is 0. The quantitative estimate of drug-likeness (QED) is 0.535. The molecule has 2 aliphatic carbocycles. The van der Waals surface area contributed by atoms with Crippen LogP contribution < -0.4 is 10.6 Å². The highest BCUT2D eigenvalue weighted by atomic mass is 16.5. The van der Waals surface area contributed by atoms with E-state index in [-0.39, 0.29) is 36.3 Å². The van der Waals surface area contributed by atoms with E-state index in [4.69, 9.17) is 4.74 Å². The molecule has 2 amide bonds. The number of benzene rings is 2. The molecule has 0 spiro atoms. The van der Waals surface area contributed by atoms with Gasteiger partial charge in [-0.1, -0.05) is 69.3 Å². The van der Waals surface area contributed by atoms with Crippen LogP contribution in [0.1, 0.15) is 63.5 Å². The molecule has 7 nitrogen and oxygen atoms in total. The predicted octanol–water partition coefficient (Wildman–Crippen LogP) is 4.70. The summed E-state index contributed by atoms with van der Waals surface area (Å²) in [4.78, 5) is 36.7. The first-order valence-electron chi connectivity index (χ1n) is 12.3. The number of ether oxygens (including phenoxy) is 1. The molecule has 1 fully saturated rings. The van der Waals surface area contributed by atoms with Gasteiger partial charge in [0.05, 0.1) is 5.92 Å². The number of hydrogen-bond acceptors (Lipinski definition) is 4. The third kappa shape index (κ3) is 5.66. The maximum atomic E-state index is 12.8. The Bertz CT molecular complexity index is 1060. The van der Waals surface area contributed by atoms with Gasteiger partial charge in [-0.2, -0.15) is 0 Å². The van der Waals surface area contributed by atoms with E-state index in [1.807, 2.05) is 45.0 Å². The zero-order chi connectivity index (χ0) is 25.2. The minimum Gasteiger partial charge on any atom is -0.481 e. The van der Waals surface area contributed by atoms with Crippen molar-refractivity contribution < 1.29 is 24.2 Å². The topological polar surface area (TPSA) is 105 Å². The summed E-state index contributed by atoms with van der Waals surface area (Å²) in [6, 6.07) is 15.8. The number of carboxylic acids is 1. The van der Waals surface area contributed by atoms with Crippen molar-refractivity contribution >= 4 is 18.0 Å². The van der Waals surface area contributed by atoms with Crippen LogP contribution in [0, 0.1) is 11.3 Å². The fourth-order valence-corrected chi connectivity index (χ4v) is 5.16. The number of carboxylic acid groups (broad SMARTS) is 1. The second-order valence-electron chi connectivity index (χ2n) is 10.7. The minimum atomic E-state index is -0.814. The Morgan fingerprint density at radius 2 is 1.60 bits per heavy atom. The van der Waals surface area contributed by atoms with Crippen molar-refractivity contribution in [1.29, 1.82) is 0 Å². The van der Waals surface area contributed by atoms with Gasteiger partial charge in [0.1, 0.15) is 6.61 Å². The maximum Gasteiger partial charge on any atom is 0.407 e. The molecule has 3 N–H and O–H groups in total. The van der Waals surface area contributed by atoms with Crippen molar-refractivity contribution in [2.75, 3.05) is 6.61 Å². The molecule has 2 aromatic rings. The third-order valence-corrected chi connectivity index (χ3v) is 7.22. The number of aliphatic carboxylic acids is 1. The monoisotopic (exact) mass is 478 g/mol. The lowest BCUT2D eigenvalue weighted by molar-refractivity contribution is -0.141. The standard InChI is InChI=1S/C28H34N2O5/c1-28(2,3)24(15-25(31)29-18-13-12-17(14-18)26(32)33)30-27(34)35-16-23-21-10-6-4-8-19(21)20-9-5-7-11-22(20)23/h4-11,17-18,23-24H,12-16H2,1-3H3,(H,29,31)(H,30,34)(H,32,33)/t17-,18+,24?/m0/s1. The van der Waals surface area contributed by atoms with Crippen molar-refractivity contribution in [3.63, 3.8) is 0 Å². The first kappa shape index (κ1) is 24.8. The van der Waals surface area contributed by atoms with Crippen molar-refractivity contribution in [3.05, 3.63) is 59.7 Å². The van der Waals surface area contributed by atoms with Gasteiger partial charge in [0.15, 0.2) is 0 Å². The maximum absolute atomic E-state index is 12.8. The van der Waals surface area contributed by atoms with Gasteiger partial charge >= 0.3 is 12.1 Å². The summed E-state index contributed by atoms with van der Waals surface area (Å²) in [7, 11) is 0. The van der Waals surface area contributed by atoms with Crippen LogP contribution in [0.3, 0.4) is 0 Å². The summed E-state index contributed by atoms with van der Waals surface area (Å²) < 4.78 is 5.67. The lowest BCUT2D eigenvalue weighted by Crippen LogP contribution is -2.48. The Morgan fingerprint density at radius 1 is 1.00 bits per heavy atom. The van der Waals surface area contributed by atoms with Crippen LogP contribution in [-0.4, -0.2) is 41.8 Å². The Labute approximate surface area is 206 Å². The molecule has 0 aliphatic heterocycles. The summed E-state index contributed by atoms with van der Waals surface area (Å²) in [5.74, 6) is -1.45. The molecule has 35 heavy (non-hydrogen) atoms. The molecule has 0 aromatic heterocycles. The fourth-order valence-electron chi connectivity index (χ4n) is 5.16. The summed E-state index contributed by atoms with van der Waals surface area (Å²) in [6.45, 7) is 6.10. The normalized spacial score (nSPS) is 20.0. The van der Waals surface area contributed by atoms with Crippen LogP contribution in [-0.2, 0) is 14.3 Å². The summed E-state index contributed by atoms with van der Waals surface area (Å²) in [6.07, 6.45) is 1.22. The van der Waals surface area contributed by atoms with E-state index >= 15 is 0 Å². The average molecular weight is 479 g/mol. The van der Waals surface area contributed by atoms with Gasteiger partial charge in [-0.3, -0.25) is 9.59 Å². The van der Waals surface area contributed by atoms with Crippen LogP contribution in [0.4, 0.5) is 4.79 Å². The fraction of sp³-hybridized carbons (Fsp3) is 0.464. The number of carbonyl (C=O) groups is 3.